The molecule has 0 unspecified atom stereocenters. The molecule has 29 heavy (non-hydrogen) atoms. The number of esters is 1. The highest BCUT2D eigenvalue weighted by Gasteiger charge is 2.22. The van der Waals surface area contributed by atoms with Crippen LogP contribution in [0.25, 0.3) is 11.0 Å². The zero-order chi connectivity index (χ0) is 21.3. The molecule has 0 aliphatic carbocycles. The smallest absolute Gasteiger partial charge is 0.311 e. The third-order valence-electron chi connectivity index (χ3n) is 5.32. The van der Waals surface area contributed by atoms with Gasteiger partial charge in [-0.15, -0.1) is 0 Å². The maximum atomic E-state index is 12.6. The molecule has 4 heteroatoms. The number of hydrogen-bond acceptors (Lipinski definition) is 4. The first-order valence-electron chi connectivity index (χ1n) is 9.88. The fourth-order valence-electron chi connectivity index (χ4n) is 3.29. The van der Waals surface area contributed by atoms with Crippen molar-refractivity contribution in [2.24, 2.45) is 0 Å². The molecular weight excluding hydrogens is 364 g/mol. The highest BCUT2D eigenvalue weighted by atomic mass is 16.5. The van der Waals surface area contributed by atoms with Gasteiger partial charge in [-0.3, -0.25) is 9.59 Å². The molecule has 0 N–H and O–H groups in total. The zero-order valence-corrected chi connectivity index (χ0v) is 18.0. The number of fused-ring (bicyclic) bond motifs is 1. The number of benzene rings is 2. The Labute approximate surface area is 171 Å². The molecule has 4 nitrogen and oxygen atoms in total. The number of furan rings is 1. The first-order valence-corrected chi connectivity index (χ1v) is 9.88. The normalized spacial score (nSPS) is 12.8. The highest BCUT2D eigenvalue weighted by Crippen LogP contribution is 2.26. The summed E-state index contributed by atoms with van der Waals surface area (Å²) in [6, 6.07) is 11.5. The lowest BCUT2D eigenvalue weighted by molar-refractivity contribution is -0.145. The second-order valence-electron chi connectivity index (χ2n) is 8.69. The second-order valence-corrected chi connectivity index (χ2v) is 8.69. The van der Waals surface area contributed by atoms with Crippen LogP contribution in [-0.4, -0.2) is 17.9 Å². The Morgan fingerprint density at radius 2 is 1.66 bits per heavy atom. The molecule has 2 aromatic carbocycles. The van der Waals surface area contributed by atoms with E-state index in [1.165, 1.54) is 0 Å². The summed E-state index contributed by atoms with van der Waals surface area (Å²) in [7, 11) is 0. The number of Topliss-reactive ketones (excluding diaryl/α,β-unsaturated/α-hetero) is 1. The van der Waals surface area contributed by atoms with Gasteiger partial charge >= 0.3 is 5.97 Å². The van der Waals surface area contributed by atoms with Crippen molar-refractivity contribution in [1.82, 2.24) is 0 Å². The van der Waals surface area contributed by atoms with E-state index in [-0.39, 0.29) is 17.6 Å². The molecular formula is C25H28O4. The van der Waals surface area contributed by atoms with Crippen molar-refractivity contribution < 1.29 is 18.7 Å². The van der Waals surface area contributed by atoms with Gasteiger partial charge < -0.3 is 9.15 Å². The number of ketones is 1. The average Bonchev–Trinajstić information content (AvgIpc) is 3.02. The molecule has 0 aliphatic rings. The van der Waals surface area contributed by atoms with E-state index >= 15 is 0 Å². The summed E-state index contributed by atoms with van der Waals surface area (Å²) in [6.45, 7) is 12.0. The molecule has 0 radical (unpaired) electrons. The van der Waals surface area contributed by atoms with Gasteiger partial charge in [0.2, 0.25) is 5.78 Å². The Hall–Kier alpha value is -2.88. The minimum absolute atomic E-state index is 0.0178. The summed E-state index contributed by atoms with van der Waals surface area (Å²) in [6.07, 6.45) is 0.809. The highest BCUT2D eigenvalue weighted by molar-refractivity contribution is 6.00. The van der Waals surface area contributed by atoms with E-state index in [0.29, 0.717) is 5.56 Å². The molecule has 3 aromatic rings. The molecule has 152 valence electrons. The fraction of sp³-hybridized carbons (Fsp3) is 0.360. The van der Waals surface area contributed by atoms with Crippen molar-refractivity contribution in [2.45, 2.75) is 59.5 Å². The minimum atomic E-state index is -0.842. The summed E-state index contributed by atoms with van der Waals surface area (Å²) in [5.41, 5.74) is 5.49. The molecule has 0 bridgehead atoms. The number of carbonyl (C=O) groups excluding carboxylic acids is 2. The van der Waals surface area contributed by atoms with E-state index in [4.69, 9.17) is 9.15 Å². The van der Waals surface area contributed by atoms with Crippen molar-refractivity contribution in [1.29, 1.82) is 0 Å². The molecule has 0 amide bonds. The molecule has 1 atom stereocenters. The van der Waals surface area contributed by atoms with Crippen LogP contribution in [0, 0.1) is 13.8 Å². The van der Waals surface area contributed by atoms with Crippen LogP contribution in [0.3, 0.4) is 0 Å². The van der Waals surface area contributed by atoms with Crippen LogP contribution in [0.2, 0.25) is 0 Å². The summed E-state index contributed by atoms with van der Waals surface area (Å²) < 4.78 is 11.0. The Balaban J connectivity index is 1.67. The van der Waals surface area contributed by atoms with E-state index in [1.807, 2.05) is 38.1 Å². The summed E-state index contributed by atoms with van der Waals surface area (Å²) >= 11 is 0. The monoisotopic (exact) mass is 392 g/mol. The maximum Gasteiger partial charge on any atom is 0.311 e. The lowest BCUT2D eigenvalue weighted by Gasteiger charge is -2.19. The van der Waals surface area contributed by atoms with Gasteiger partial charge in [0.1, 0.15) is 5.58 Å². The summed E-state index contributed by atoms with van der Waals surface area (Å²) in [5, 5.41) is 0.904. The molecule has 0 saturated heterocycles. The third kappa shape index (κ3) is 4.58. The minimum Gasteiger partial charge on any atom is -0.464 e. The Kier molecular flexibility index (Phi) is 5.65. The molecule has 0 fully saturated rings. The van der Waals surface area contributed by atoms with Crippen LogP contribution < -0.4 is 0 Å². The van der Waals surface area contributed by atoms with E-state index < -0.39 is 12.1 Å². The quantitative estimate of drug-likeness (QED) is 0.412. The van der Waals surface area contributed by atoms with Crippen molar-refractivity contribution in [3.63, 3.8) is 0 Å². The zero-order valence-electron chi connectivity index (χ0n) is 18.0. The maximum absolute atomic E-state index is 12.6. The van der Waals surface area contributed by atoms with Crippen LogP contribution in [0.15, 0.2) is 47.1 Å². The fourth-order valence-corrected chi connectivity index (χ4v) is 3.29. The van der Waals surface area contributed by atoms with Gasteiger partial charge in [-0.1, -0.05) is 45.0 Å². The predicted octanol–water partition coefficient (Wildman–Crippen LogP) is 5.70. The molecule has 0 spiro atoms. The van der Waals surface area contributed by atoms with Gasteiger partial charge in [0.15, 0.2) is 6.10 Å². The number of carbonyl (C=O) groups is 2. The van der Waals surface area contributed by atoms with Gasteiger partial charge in [0, 0.05) is 16.5 Å². The van der Waals surface area contributed by atoms with Gasteiger partial charge in [-0.2, -0.15) is 0 Å². The van der Waals surface area contributed by atoms with E-state index in [2.05, 4.69) is 20.8 Å². The summed E-state index contributed by atoms with van der Waals surface area (Å²) in [4.78, 5) is 25.1. The van der Waals surface area contributed by atoms with Crippen molar-refractivity contribution >= 4 is 22.7 Å². The van der Waals surface area contributed by atoms with Crippen LogP contribution in [-0.2, 0) is 21.4 Å². The van der Waals surface area contributed by atoms with E-state index in [0.717, 1.165) is 33.2 Å². The van der Waals surface area contributed by atoms with Crippen LogP contribution >= 0.6 is 0 Å². The molecule has 0 saturated carbocycles. The summed E-state index contributed by atoms with van der Waals surface area (Å²) in [5.74, 6) is -0.652. The Morgan fingerprint density at radius 3 is 2.28 bits per heavy atom. The first-order chi connectivity index (χ1) is 13.6. The lowest BCUT2D eigenvalue weighted by atomic mass is 9.86. The van der Waals surface area contributed by atoms with Crippen LogP contribution in [0.1, 0.15) is 60.3 Å². The van der Waals surface area contributed by atoms with Crippen molar-refractivity contribution in [3.05, 3.63) is 70.5 Å². The Bertz CT molecular complexity index is 1050. The second kappa shape index (κ2) is 7.86. The SMILES string of the molecule is Cc1cc2occ(CC(=O)O[C@H](C)C(=O)c3ccc(C(C)(C)C)cc3)c2cc1C. The van der Waals surface area contributed by atoms with E-state index in [1.54, 1.807) is 25.3 Å². The van der Waals surface area contributed by atoms with Gasteiger partial charge in [-0.25, -0.2) is 0 Å². The Morgan fingerprint density at radius 1 is 1.03 bits per heavy atom. The number of hydrogen-bond donors (Lipinski definition) is 0. The van der Waals surface area contributed by atoms with Crippen LogP contribution in [0.4, 0.5) is 0 Å². The topological polar surface area (TPSA) is 56.5 Å². The van der Waals surface area contributed by atoms with Crippen molar-refractivity contribution in [3.8, 4) is 0 Å². The van der Waals surface area contributed by atoms with Gasteiger partial charge in [0.05, 0.1) is 12.7 Å². The number of aryl methyl sites for hydroxylation is 2. The molecule has 3 rings (SSSR count). The number of rotatable bonds is 5. The van der Waals surface area contributed by atoms with E-state index in [9.17, 15) is 9.59 Å². The predicted molar refractivity (Wildman–Crippen MR) is 114 cm³/mol. The first kappa shape index (κ1) is 20.8. The van der Waals surface area contributed by atoms with Gasteiger partial charge in [-0.05, 0) is 55.0 Å². The molecule has 1 heterocycles. The molecule has 1 aromatic heterocycles. The van der Waals surface area contributed by atoms with Crippen molar-refractivity contribution in [2.75, 3.05) is 0 Å². The third-order valence-corrected chi connectivity index (χ3v) is 5.32. The molecule has 0 aliphatic heterocycles. The number of ether oxygens (including phenoxy) is 1. The standard InChI is InChI=1S/C25H28O4/c1-15-11-21-19(14-28-22(21)12-16(15)2)13-23(26)29-17(3)24(27)18-7-9-20(10-8-18)25(4,5)6/h7-12,14,17H,13H2,1-6H3/t17-/m1/s1. The lowest BCUT2D eigenvalue weighted by Crippen LogP contribution is -2.25. The largest absolute Gasteiger partial charge is 0.464 e. The van der Waals surface area contributed by atoms with Crippen LogP contribution in [0.5, 0.6) is 0 Å². The van der Waals surface area contributed by atoms with Gasteiger partial charge in [0.25, 0.3) is 0 Å². The average molecular weight is 392 g/mol.